The van der Waals surface area contributed by atoms with Crippen LogP contribution in [0.1, 0.15) is 58.4 Å². The summed E-state index contributed by atoms with van der Waals surface area (Å²) in [5.74, 6) is -0.263. The molecule has 23 heavy (non-hydrogen) atoms. The second-order valence-corrected chi connectivity index (χ2v) is 7.33. The predicted octanol–water partition coefficient (Wildman–Crippen LogP) is 4.43. The second kappa shape index (κ2) is 6.69. The fourth-order valence-electron chi connectivity index (χ4n) is 3.04. The van der Waals surface area contributed by atoms with E-state index in [0.29, 0.717) is 12.8 Å². The van der Waals surface area contributed by atoms with Crippen molar-refractivity contribution < 1.29 is 14.3 Å². The number of rotatable bonds is 3. The molecule has 0 radical (unpaired) electrons. The van der Waals surface area contributed by atoms with Gasteiger partial charge in [0.1, 0.15) is 16.8 Å². The van der Waals surface area contributed by atoms with Crippen molar-refractivity contribution >= 4 is 11.8 Å². The number of carbonyl (C=O) groups excluding carboxylic acids is 2. The normalized spacial score (nSPS) is 24.8. The van der Waals surface area contributed by atoms with E-state index in [1.807, 2.05) is 45.0 Å². The predicted molar refractivity (Wildman–Crippen MR) is 91.1 cm³/mol. The Morgan fingerprint density at radius 3 is 2.39 bits per heavy atom. The average molecular weight is 314 g/mol. The molecule has 1 aromatic rings. The molecular weight excluding hydrogens is 288 g/mol. The van der Waals surface area contributed by atoms with Gasteiger partial charge in [0.05, 0.1) is 0 Å². The highest BCUT2D eigenvalue weighted by Crippen LogP contribution is 2.40. The van der Waals surface area contributed by atoms with E-state index in [2.05, 4.69) is 18.2 Å². The molecule has 0 aliphatic heterocycles. The molecule has 0 fully saturated rings. The molecule has 1 aromatic carbocycles. The molecule has 3 heteroatoms. The quantitative estimate of drug-likeness (QED) is 0.471. The van der Waals surface area contributed by atoms with Gasteiger partial charge in [0.25, 0.3) is 0 Å². The van der Waals surface area contributed by atoms with Crippen LogP contribution in [0.5, 0.6) is 0 Å². The molecule has 2 atom stereocenters. The van der Waals surface area contributed by atoms with E-state index in [4.69, 9.17) is 4.74 Å². The zero-order chi connectivity index (χ0) is 17.1. The van der Waals surface area contributed by atoms with Crippen molar-refractivity contribution in [2.24, 2.45) is 5.41 Å². The fourth-order valence-corrected chi connectivity index (χ4v) is 3.04. The number of allylic oxidation sites excluding steroid dienone is 2. The van der Waals surface area contributed by atoms with Gasteiger partial charge in [-0.2, -0.15) is 0 Å². The van der Waals surface area contributed by atoms with Gasteiger partial charge in [-0.1, -0.05) is 42.5 Å². The minimum absolute atomic E-state index is 0.106. The number of hydrogen-bond acceptors (Lipinski definition) is 3. The molecule has 0 saturated heterocycles. The maximum absolute atomic E-state index is 12.7. The maximum Gasteiger partial charge on any atom is 0.320 e. The van der Waals surface area contributed by atoms with Crippen molar-refractivity contribution in [2.45, 2.75) is 58.5 Å². The molecule has 2 rings (SSSR count). The lowest BCUT2D eigenvalue weighted by molar-refractivity contribution is -0.170. The first-order chi connectivity index (χ1) is 10.7. The van der Waals surface area contributed by atoms with Gasteiger partial charge in [-0.25, -0.2) is 0 Å². The van der Waals surface area contributed by atoms with E-state index < -0.39 is 17.0 Å². The zero-order valence-electron chi connectivity index (χ0n) is 14.5. The van der Waals surface area contributed by atoms with Gasteiger partial charge < -0.3 is 4.74 Å². The van der Waals surface area contributed by atoms with Crippen molar-refractivity contribution in [3.8, 4) is 0 Å². The van der Waals surface area contributed by atoms with Gasteiger partial charge in [-0.05, 0) is 52.5 Å². The van der Waals surface area contributed by atoms with Crippen molar-refractivity contribution in [2.75, 3.05) is 0 Å². The minimum atomic E-state index is -1.05. The molecule has 124 valence electrons. The van der Waals surface area contributed by atoms with Crippen molar-refractivity contribution in [1.29, 1.82) is 0 Å². The first kappa shape index (κ1) is 17.5. The Kier molecular flexibility index (Phi) is 5.08. The Hall–Kier alpha value is -1.90. The summed E-state index contributed by atoms with van der Waals surface area (Å²) in [4.78, 5) is 25.0. The summed E-state index contributed by atoms with van der Waals surface area (Å²) in [6, 6.07) is 10.2. The third-order valence-electron chi connectivity index (χ3n) is 4.41. The lowest BCUT2D eigenvalue weighted by Gasteiger charge is -2.31. The van der Waals surface area contributed by atoms with Crippen molar-refractivity contribution in [3.05, 3.63) is 48.0 Å². The van der Waals surface area contributed by atoms with E-state index in [9.17, 15) is 9.59 Å². The van der Waals surface area contributed by atoms with E-state index in [-0.39, 0.29) is 11.7 Å². The molecule has 1 aliphatic rings. The van der Waals surface area contributed by atoms with Crippen molar-refractivity contribution in [3.63, 3.8) is 0 Å². The van der Waals surface area contributed by atoms with Gasteiger partial charge in [0.2, 0.25) is 0 Å². The molecular formula is C20H26O3. The average Bonchev–Trinajstić information content (AvgIpc) is 2.70. The second-order valence-electron chi connectivity index (χ2n) is 7.33. The summed E-state index contributed by atoms with van der Waals surface area (Å²) in [7, 11) is 0. The number of benzene rings is 1. The number of hydrogen-bond donors (Lipinski definition) is 0. The first-order valence-electron chi connectivity index (χ1n) is 8.21. The smallest absolute Gasteiger partial charge is 0.320 e. The molecule has 1 aliphatic carbocycles. The molecule has 0 bridgehead atoms. The van der Waals surface area contributed by atoms with Gasteiger partial charge >= 0.3 is 5.97 Å². The third-order valence-corrected chi connectivity index (χ3v) is 4.41. The number of Topliss-reactive ketones (excluding diaryl/α,β-unsaturated/α-hetero) is 1. The van der Waals surface area contributed by atoms with Gasteiger partial charge in [-0.3, -0.25) is 9.59 Å². The maximum atomic E-state index is 12.7. The van der Waals surface area contributed by atoms with Crippen LogP contribution < -0.4 is 0 Å². The molecule has 3 nitrogen and oxygen atoms in total. The fraction of sp³-hybridized carbons (Fsp3) is 0.500. The molecule has 0 N–H and O–H groups in total. The van der Waals surface area contributed by atoms with E-state index in [1.165, 1.54) is 12.5 Å². The van der Waals surface area contributed by atoms with E-state index in [1.54, 1.807) is 0 Å². The Labute approximate surface area is 138 Å². The molecule has 0 saturated carbocycles. The van der Waals surface area contributed by atoms with Crippen LogP contribution in [0.2, 0.25) is 0 Å². The Morgan fingerprint density at radius 2 is 1.83 bits per heavy atom. The highest BCUT2D eigenvalue weighted by molar-refractivity contribution is 6.03. The zero-order valence-corrected chi connectivity index (χ0v) is 14.5. The number of esters is 1. The summed E-state index contributed by atoms with van der Waals surface area (Å²) in [6.07, 6.45) is 5.78. The molecule has 1 unspecified atom stereocenters. The van der Waals surface area contributed by atoms with Crippen LogP contribution in [0.15, 0.2) is 42.5 Å². The SMILES string of the molecule is CC(=O)C1(C(=O)OC(C)(C)C)CC=C[C@@H](c2ccccc2)CC1. The van der Waals surface area contributed by atoms with Crippen molar-refractivity contribution in [1.82, 2.24) is 0 Å². The van der Waals surface area contributed by atoms with Gasteiger partial charge in [0.15, 0.2) is 0 Å². The van der Waals surface area contributed by atoms with Crippen LogP contribution in [-0.2, 0) is 14.3 Å². The summed E-state index contributed by atoms with van der Waals surface area (Å²) in [5.41, 5.74) is -0.422. The third kappa shape index (κ3) is 4.10. The van der Waals surface area contributed by atoms with E-state index >= 15 is 0 Å². The first-order valence-corrected chi connectivity index (χ1v) is 8.21. The lowest BCUT2D eigenvalue weighted by atomic mass is 9.76. The summed E-state index contributed by atoms with van der Waals surface area (Å²) >= 11 is 0. The lowest BCUT2D eigenvalue weighted by Crippen LogP contribution is -2.42. The van der Waals surface area contributed by atoms with Crippen LogP contribution in [0.25, 0.3) is 0 Å². The van der Waals surface area contributed by atoms with Gasteiger partial charge in [0, 0.05) is 5.92 Å². The number of ether oxygens (including phenoxy) is 1. The van der Waals surface area contributed by atoms with Crippen LogP contribution in [0.4, 0.5) is 0 Å². The topological polar surface area (TPSA) is 43.4 Å². The minimum Gasteiger partial charge on any atom is -0.459 e. The standard InChI is InChI=1S/C20H26O3/c1-15(21)20(18(22)23-19(2,3)4)13-8-11-17(12-14-20)16-9-6-5-7-10-16/h5-11,17H,12-14H2,1-4H3/t17-,20?/m1/s1. The number of ketones is 1. The van der Waals surface area contributed by atoms with E-state index in [0.717, 1.165) is 6.42 Å². The molecule has 0 aromatic heterocycles. The Balaban J connectivity index is 2.23. The van der Waals surface area contributed by atoms with Crippen LogP contribution in [0, 0.1) is 5.41 Å². The number of carbonyl (C=O) groups is 2. The Morgan fingerprint density at radius 1 is 1.17 bits per heavy atom. The highest BCUT2D eigenvalue weighted by atomic mass is 16.6. The largest absolute Gasteiger partial charge is 0.459 e. The van der Waals surface area contributed by atoms with Crippen LogP contribution in [0.3, 0.4) is 0 Å². The van der Waals surface area contributed by atoms with Gasteiger partial charge in [-0.15, -0.1) is 0 Å². The monoisotopic (exact) mass is 314 g/mol. The molecule has 0 amide bonds. The van der Waals surface area contributed by atoms with Crippen LogP contribution in [-0.4, -0.2) is 17.4 Å². The Bertz CT molecular complexity index is 595. The summed E-state index contributed by atoms with van der Waals surface area (Å²) in [6.45, 7) is 6.99. The molecule has 0 spiro atoms. The van der Waals surface area contributed by atoms with Crippen LogP contribution >= 0.6 is 0 Å². The highest BCUT2D eigenvalue weighted by Gasteiger charge is 2.46. The summed E-state index contributed by atoms with van der Waals surface area (Å²) in [5, 5.41) is 0. The molecule has 0 heterocycles. The summed E-state index contributed by atoms with van der Waals surface area (Å²) < 4.78 is 5.54.